The van der Waals surface area contributed by atoms with Crippen molar-refractivity contribution in [1.29, 1.82) is 0 Å². The van der Waals surface area contributed by atoms with Crippen molar-refractivity contribution in [2.45, 2.75) is 6.92 Å². The second kappa shape index (κ2) is 6.87. The van der Waals surface area contributed by atoms with Gasteiger partial charge in [0.15, 0.2) is 11.5 Å². The Kier molecular flexibility index (Phi) is 4.27. The molecule has 0 radical (unpaired) electrons. The van der Waals surface area contributed by atoms with E-state index >= 15 is 0 Å². The lowest BCUT2D eigenvalue weighted by atomic mass is 10.2. The molecule has 26 heavy (non-hydrogen) atoms. The number of fused-ring (bicyclic) bond motifs is 1. The van der Waals surface area contributed by atoms with Crippen molar-refractivity contribution in [2.75, 3.05) is 23.8 Å². The SMILES string of the molecule is Cc1cc(Nc2ccc3c(c2)OCCO3)nc(Nc2ccc(F)cc2)n1. The van der Waals surface area contributed by atoms with Crippen LogP contribution < -0.4 is 20.1 Å². The quantitative estimate of drug-likeness (QED) is 0.734. The molecule has 0 amide bonds. The van der Waals surface area contributed by atoms with E-state index in [4.69, 9.17) is 9.47 Å². The van der Waals surface area contributed by atoms with E-state index in [-0.39, 0.29) is 5.82 Å². The highest BCUT2D eigenvalue weighted by Crippen LogP contribution is 2.33. The van der Waals surface area contributed by atoms with E-state index in [1.807, 2.05) is 31.2 Å². The van der Waals surface area contributed by atoms with Crippen LogP contribution in [-0.4, -0.2) is 23.2 Å². The average Bonchev–Trinajstić information content (AvgIpc) is 2.63. The normalized spacial score (nSPS) is 12.5. The molecule has 7 heteroatoms. The molecule has 0 aliphatic carbocycles. The molecule has 3 aromatic rings. The van der Waals surface area contributed by atoms with Gasteiger partial charge in [-0.3, -0.25) is 0 Å². The number of halogens is 1. The summed E-state index contributed by atoms with van der Waals surface area (Å²) in [6.07, 6.45) is 0. The smallest absolute Gasteiger partial charge is 0.229 e. The predicted molar refractivity (Wildman–Crippen MR) is 97.2 cm³/mol. The molecular weight excluding hydrogens is 335 g/mol. The number of benzene rings is 2. The van der Waals surface area contributed by atoms with Crippen LogP contribution in [-0.2, 0) is 0 Å². The molecule has 4 rings (SSSR count). The fourth-order valence-corrected chi connectivity index (χ4v) is 2.62. The van der Waals surface area contributed by atoms with Gasteiger partial charge in [0.1, 0.15) is 24.8 Å². The van der Waals surface area contributed by atoms with Gasteiger partial charge in [-0.25, -0.2) is 9.37 Å². The molecule has 0 atom stereocenters. The summed E-state index contributed by atoms with van der Waals surface area (Å²) in [7, 11) is 0. The highest BCUT2D eigenvalue weighted by atomic mass is 19.1. The molecule has 2 aromatic carbocycles. The maximum absolute atomic E-state index is 13.0. The summed E-state index contributed by atoms with van der Waals surface area (Å²) in [6.45, 7) is 2.98. The zero-order chi connectivity index (χ0) is 17.9. The third-order valence-corrected chi connectivity index (χ3v) is 3.77. The molecular formula is C19H17FN4O2. The van der Waals surface area contributed by atoms with Crippen molar-refractivity contribution in [1.82, 2.24) is 9.97 Å². The van der Waals surface area contributed by atoms with Gasteiger partial charge in [-0.05, 0) is 43.3 Å². The topological polar surface area (TPSA) is 68.3 Å². The number of ether oxygens (including phenoxy) is 2. The summed E-state index contributed by atoms with van der Waals surface area (Å²) in [5, 5.41) is 6.32. The molecule has 1 aliphatic heterocycles. The van der Waals surface area contributed by atoms with Crippen LogP contribution in [0, 0.1) is 12.7 Å². The van der Waals surface area contributed by atoms with E-state index in [0.29, 0.717) is 36.4 Å². The number of anilines is 4. The van der Waals surface area contributed by atoms with Crippen LogP contribution in [0.5, 0.6) is 11.5 Å². The van der Waals surface area contributed by atoms with Crippen LogP contribution >= 0.6 is 0 Å². The Hall–Kier alpha value is -3.35. The number of hydrogen-bond donors (Lipinski definition) is 2. The van der Waals surface area contributed by atoms with E-state index in [2.05, 4.69) is 20.6 Å². The van der Waals surface area contributed by atoms with Crippen LogP contribution in [0.2, 0.25) is 0 Å². The van der Waals surface area contributed by atoms with Gasteiger partial charge in [-0.2, -0.15) is 4.98 Å². The van der Waals surface area contributed by atoms with E-state index in [0.717, 1.165) is 17.1 Å². The van der Waals surface area contributed by atoms with Crippen molar-refractivity contribution < 1.29 is 13.9 Å². The zero-order valence-electron chi connectivity index (χ0n) is 14.1. The Morgan fingerprint density at radius 2 is 1.58 bits per heavy atom. The third-order valence-electron chi connectivity index (χ3n) is 3.77. The molecule has 0 fully saturated rings. The summed E-state index contributed by atoms with van der Waals surface area (Å²) in [4.78, 5) is 8.82. The van der Waals surface area contributed by atoms with Gasteiger partial charge in [-0.1, -0.05) is 0 Å². The summed E-state index contributed by atoms with van der Waals surface area (Å²) < 4.78 is 24.2. The molecule has 0 bridgehead atoms. The number of hydrogen-bond acceptors (Lipinski definition) is 6. The van der Waals surface area contributed by atoms with E-state index in [9.17, 15) is 4.39 Å². The number of rotatable bonds is 4. The average molecular weight is 352 g/mol. The highest BCUT2D eigenvalue weighted by Gasteiger charge is 2.12. The summed E-state index contributed by atoms with van der Waals surface area (Å²) in [5.74, 6) is 2.22. The maximum Gasteiger partial charge on any atom is 0.229 e. The molecule has 0 saturated carbocycles. The molecule has 6 nitrogen and oxygen atoms in total. The Labute approximate surface area is 150 Å². The molecule has 132 valence electrons. The van der Waals surface area contributed by atoms with Crippen LogP contribution in [0.4, 0.5) is 27.5 Å². The van der Waals surface area contributed by atoms with Gasteiger partial charge in [0, 0.05) is 29.2 Å². The third kappa shape index (κ3) is 3.66. The largest absolute Gasteiger partial charge is 0.486 e. The highest BCUT2D eigenvalue weighted by molar-refractivity contribution is 5.63. The number of aromatic nitrogens is 2. The van der Waals surface area contributed by atoms with Gasteiger partial charge >= 0.3 is 0 Å². The first-order valence-electron chi connectivity index (χ1n) is 8.21. The minimum Gasteiger partial charge on any atom is -0.486 e. The summed E-state index contributed by atoms with van der Waals surface area (Å²) in [5.41, 5.74) is 2.34. The van der Waals surface area contributed by atoms with Crippen molar-refractivity contribution >= 4 is 23.1 Å². The van der Waals surface area contributed by atoms with Gasteiger partial charge in [-0.15, -0.1) is 0 Å². The monoisotopic (exact) mass is 352 g/mol. The van der Waals surface area contributed by atoms with Crippen molar-refractivity contribution in [3.05, 3.63) is 60.0 Å². The lowest BCUT2D eigenvalue weighted by Gasteiger charge is -2.19. The Morgan fingerprint density at radius 3 is 2.38 bits per heavy atom. The molecule has 0 spiro atoms. The summed E-state index contributed by atoms with van der Waals surface area (Å²) in [6, 6.07) is 13.5. The maximum atomic E-state index is 13.0. The van der Waals surface area contributed by atoms with E-state index in [1.165, 1.54) is 12.1 Å². The minimum atomic E-state index is -0.290. The molecule has 0 saturated heterocycles. The Bertz CT molecular complexity index is 931. The number of aryl methyl sites for hydroxylation is 1. The Balaban J connectivity index is 1.55. The van der Waals surface area contributed by atoms with E-state index in [1.54, 1.807) is 12.1 Å². The van der Waals surface area contributed by atoms with Crippen LogP contribution in [0.15, 0.2) is 48.5 Å². The molecule has 0 unspecified atom stereocenters. The lowest BCUT2D eigenvalue weighted by Crippen LogP contribution is -2.15. The fraction of sp³-hybridized carbons (Fsp3) is 0.158. The molecule has 2 heterocycles. The first kappa shape index (κ1) is 16.1. The molecule has 1 aliphatic rings. The molecule has 2 N–H and O–H groups in total. The fourth-order valence-electron chi connectivity index (χ4n) is 2.62. The number of nitrogens with zero attached hydrogens (tertiary/aromatic N) is 2. The predicted octanol–water partition coefficient (Wildman–Crippen LogP) is 4.18. The van der Waals surface area contributed by atoms with Crippen LogP contribution in [0.1, 0.15) is 5.69 Å². The minimum absolute atomic E-state index is 0.290. The van der Waals surface area contributed by atoms with Crippen molar-refractivity contribution in [3.8, 4) is 11.5 Å². The standard InChI is InChI=1S/C19H17FN4O2/c1-12-10-18(22-15-6-7-16-17(11-15)26-9-8-25-16)24-19(21-12)23-14-4-2-13(20)3-5-14/h2-7,10-11H,8-9H2,1H3,(H2,21,22,23,24). The first-order chi connectivity index (χ1) is 12.7. The van der Waals surface area contributed by atoms with Gasteiger partial charge in [0.25, 0.3) is 0 Å². The van der Waals surface area contributed by atoms with Gasteiger partial charge < -0.3 is 20.1 Å². The zero-order valence-corrected chi connectivity index (χ0v) is 14.1. The van der Waals surface area contributed by atoms with Crippen LogP contribution in [0.3, 0.4) is 0 Å². The second-order valence-corrected chi connectivity index (χ2v) is 5.83. The summed E-state index contributed by atoms with van der Waals surface area (Å²) >= 11 is 0. The van der Waals surface area contributed by atoms with E-state index < -0.39 is 0 Å². The van der Waals surface area contributed by atoms with Crippen molar-refractivity contribution in [3.63, 3.8) is 0 Å². The first-order valence-corrected chi connectivity index (χ1v) is 8.21. The second-order valence-electron chi connectivity index (χ2n) is 5.83. The van der Waals surface area contributed by atoms with Crippen molar-refractivity contribution in [2.24, 2.45) is 0 Å². The van der Waals surface area contributed by atoms with Gasteiger partial charge in [0.05, 0.1) is 0 Å². The number of nitrogens with one attached hydrogen (secondary N) is 2. The molecule has 1 aromatic heterocycles. The Morgan fingerprint density at radius 1 is 0.846 bits per heavy atom. The lowest BCUT2D eigenvalue weighted by molar-refractivity contribution is 0.171. The van der Waals surface area contributed by atoms with Gasteiger partial charge in [0.2, 0.25) is 5.95 Å². The van der Waals surface area contributed by atoms with Crippen LogP contribution in [0.25, 0.3) is 0 Å².